The molecule has 7 nitrogen and oxygen atoms in total. The van der Waals surface area contributed by atoms with Crippen LogP contribution in [0, 0.1) is 0 Å². The number of benzene rings is 1. The van der Waals surface area contributed by atoms with Gasteiger partial charge in [-0.05, 0) is 37.3 Å². The molecular weight excluding hydrogens is 298 g/mol. The van der Waals surface area contributed by atoms with Gasteiger partial charge in [0, 0.05) is 12.1 Å². The first kappa shape index (κ1) is 14.8. The monoisotopic (exact) mass is 313 g/mol. The van der Waals surface area contributed by atoms with Crippen molar-refractivity contribution in [2.24, 2.45) is 0 Å². The molecule has 0 aliphatic heterocycles. The van der Waals surface area contributed by atoms with Crippen molar-refractivity contribution < 1.29 is 9.21 Å². The lowest BCUT2D eigenvalue weighted by Gasteiger charge is -2.09. The number of fused-ring (bicyclic) bond motifs is 1. The van der Waals surface area contributed by atoms with Crippen LogP contribution in [0.1, 0.15) is 23.0 Å². The van der Waals surface area contributed by atoms with Gasteiger partial charge in [0.25, 0.3) is 5.91 Å². The van der Waals surface area contributed by atoms with Crippen molar-refractivity contribution in [2.75, 3.05) is 0 Å². The molecule has 3 rings (SSSR count). The zero-order valence-electron chi connectivity index (χ0n) is 12.5. The number of aromatic nitrogens is 2. The Morgan fingerprint density at radius 2 is 2.13 bits per heavy atom. The molecular formula is C16H15N3O4. The fourth-order valence-electron chi connectivity index (χ4n) is 2.42. The first-order valence-electron chi connectivity index (χ1n) is 7.17. The van der Waals surface area contributed by atoms with Crippen LogP contribution in [0.4, 0.5) is 0 Å². The van der Waals surface area contributed by atoms with Crippen LogP contribution in [0.3, 0.4) is 0 Å². The molecule has 2 N–H and O–H groups in total. The summed E-state index contributed by atoms with van der Waals surface area (Å²) in [4.78, 5) is 38.2. The SMILES string of the molecule is CCn1c(=O)c(=O)[nH]c2cc(C(=O)NCc3ccco3)ccc21. The van der Waals surface area contributed by atoms with Crippen molar-refractivity contribution in [1.29, 1.82) is 0 Å². The summed E-state index contributed by atoms with van der Waals surface area (Å²) in [6, 6.07) is 8.33. The molecule has 0 unspecified atom stereocenters. The molecule has 1 aromatic carbocycles. The molecule has 0 bridgehead atoms. The summed E-state index contributed by atoms with van der Waals surface area (Å²) in [6.07, 6.45) is 1.53. The van der Waals surface area contributed by atoms with Gasteiger partial charge in [0.15, 0.2) is 0 Å². The molecule has 23 heavy (non-hydrogen) atoms. The average Bonchev–Trinajstić information content (AvgIpc) is 3.07. The third-order valence-electron chi connectivity index (χ3n) is 3.56. The normalized spacial score (nSPS) is 10.8. The van der Waals surface area contributed by atoms with Gasteiger partial charge in [-0.1, -0.05) is 0 Å². The van der Waals surface area contributed by atoms with Gasteiger partial charge in [-0.2, -0.15) is 0 Å². The predicted octanol–water partition coefficient (Wildman–Crippen LogP) is 1.23. The molecule has 0 atom stereocenters. The zero-order valence-corrected chi connectivity index (χ0v) is 12.5. The maximum absolute atomic E-state index is 12.2. The smallest absolute Gasteiger partial charge is 0.316 e. The second-order valence-electron chi connectivity index (χ2n) is 5.00. The maximum Gasteiger partial charge on any atom is 0.316 e. The van der Waals surface area contributed by atoms with E-state index in [0.717, 1.165) is 0 Å². The number of aryl methyl sites for hydroxylation is 1. The molecule has 2 heterocycles. The van der Waals surface area contributed by atoms with Crippen molar-refractivity contribution in [3.8, 4) is 0 Å². The van der Waals surface area contributed by atoms with Crippen LogP contribution in [0.15, 0.2) is 50.6 Å². The predicted molar refractivity (Wildman–Crippen MR) is 84.4 cm³/mol. The molecule has 3 aromatic rings. The number of carbonyl (C=O) groups excluding carboxylic acids is 1. The first-order valence-corrected chi connectivity index (χ1v) is 7.17. The Bertz CT molecular complexity index is 967. The van der Waals surface area contributed by atoms with Crippen LogP contribution in [-0.4, -0.2) is 15.5 Å². The van der Waals surface area contributed by atoms with E-state index in [9.17, 15) is 14.4 Å². The third-order valence-corrected chi connectivity index (χ3v) is 3.56. The van der Waals surface area contributed by atoms with E-state index in [4.69, 9.17) is 4.42 Å². The fourth-order valence-corrected chi connectivity index (χ4v) is 2.42. The van der Waals surface area contributed by atoms with Gasteiger partial charge in [-0.25, -0.2) is 0 Å². The molecule has 0 saturated carbocycles. The number of amides is 1. The average molecular weight is 313 g/mol. The number of nitrogens with one attached hydrogen (secondary N) is 2. The third kappa shape index (κ3) is 2.80. The summed E-state index contributed by atoms with van der Waals surface area (Å²) in [5.41, 5.74) is 0.116. The summed E-state index contributed by atoms with van der Waals surface area (Å²) in [5, 5.41) is 2.73. The van der Waals surface area contributed by atoms with Gasteiger partial charge < -0.3 is 19.3 Å². The molecule has 7 heteroatoms. The van der Waals surface area contributed by atoms with E-state index < -0.39 is 11.1 Å². The minimum Gasteiger partial charge on any atom is -0.467 e. The van der Waals surface area contributed by atoms with Gasteiger partial charge in [-0.15, -0.1) is 0 Å². The standard InChI is InChI=1S/C16H15N3O4/c1-2-19-13-6-5-10(8-12(13)18-15(21)16(19)22)14(20)17-9-11-4-3-7-23-11/h3-8H,2,9H2,1H3,(H,17,20)(H,18,21). The number of hydrogen-bond donors (Lipinski definition) is 2. The molecule has 2 aromatic heterocycles. The van der Waals surface area contributed by atoms with E-state index in [2.05, 4.69) is 10.3 Å². The van der Waals surface area contributed by atoms with Gasteiger partial charge in [0.05, 0.1) is 23.8 Å². The van der Waals surface area contributed by atoms with Crippen LogP contribution < -0.4 is 16.4 Å². The van der Waals surface area contributed by atoms with Crippen LogP contribution >= 0.6 is 0 Å². The number of furan rings is 1. The van der Waals surface area contributed by atoms with Gasteiger partial charge in [0.1, 0.15) is 5.76 Å². The Labute approximate surface area is 130 Å². The summed E-state index contributed by atoms with van der Waals surface area (Å²) in [6.45, 7) is 2.43. The molecule has 118 valence electrons. The van der Waals surface area contributed by atoms with Crippen molar-refractivity contribution in [3.63, 3.8) is 0 Å². The largest absolute Gasteiger partial charge is 0.467 e. The highest BCUT2D eigenvalue weighted by atomic mass is 16.3. The van der Waals surface area contributed by atoms with E-state index in [-0.39, 0.29) is 12.5 Å². The highest BCUT2D eigenvalue weighted by molar-refractivity contribution is 5.97. The molecule has 0 radical (unpaired) electrons. The molecule has 0 fully saturated rings. The molecule has 0 aliphatic rings. The van der Waals surface area contributed by atoms with E-state index in [0.29, 0.717) is 28.9 Å². The molecule has 1 amide bonds. The maximum atomic E-state index is 12.2. The van der Waals surface area contributed by atoms with Crippen LogP contribution in [-0.2, 0) is 13.1 Å². The van der Waals surface area contributed by atoms with Crippen LogP contribution in [0.2, 0.25) is 0 Å². The summed E-state index contributed by atoms with van der Waals surface area (Å²) < 4.78 is 6.52. The van der Waals surface area contributed by atoms with Gasteiger partial charge >= 0.3 is 11.1 Å². The lowest BCUT2D eigenvalue weighted by Crippen LogP contribution is -2.36. The van der Waals surface area contributed by atoms with Gasteiger partial charge in [0.2, 0.25) is 0 Å². The first-order chi connectivity index (χ1) is 11.1. The Kier molecular flexibility index (Phi) is 3.84. The van der Waals surface area contributed by atoms with Crippen LogP contribution in [0.25, 0.3) is 11.0 Å². The second-order valence-corrected chi connectivity index (χ2v) is 5.00. The number of rotatable bonds is 4. The summed E-state index contributed by atoms with van der Waals surface area (Å²) in [7, 11) is 0. The van der Waals surface area contributed by atoms with Crippen LogP contribution in [0.5, 0.6) is 0 Å². The van der Waals surface area contributed by atoms with E-state index in [1.54, 1.807) is 37.3 Å². The second kappa shape index (κ2) is 5.96. The number of carbonyl (C=O) groups is 1. The van der Waals surface area contributed by atoms with Crippen molar-refractivity contribution in [3.05, 3.63) is 68.6 Å². The Balaban J connectivity index is 1.93. The topological polar surface area (TPSA) is 97.1 Å². The lowest BCUT2D eigenvalue weighted by molar-refractivity contribution is 0.0948. The lowest BCUT2D eigenvalue weighted by atomic mass is 10.1. The van der Waals surface area contributed by atoms with E-state index in [1.807, 2.05) is 0 Å². The quantitative estimate of drug-likeness (QED) is 0.708. The summed E-state index contributed by atoms with van der Waals surface area (Å²) >= 11 is 0. The fraction of sp³-hybridized carbons (Fsp3) is 0.188. The number of H-pyrrole nitrogens is 1. The van der Waals surface area contributed by atoms with Crippen molar-refractivity contribution in [1.82, 2.24) is 14.9 Å². The highest BCUT2D eigenvalue weighted by Crippen LogP contribution is 2.12. The molecule has 0 aliphatic carbocycles. The van der Waals surface area contributed by atoms with E-state index >= 15 is 0 Å². The minimum atomic E-state index is -0.701. The Morgan fingerprint density at radius 1 is 1.30 bits per heavy atom. The minimum absolute atomic E-state index is 0.273. The highest BCUT2D eigenvalue weighted by Gasteiger charge is 2.11. The van der Waals surface area contributed by atoms with E-state index in [1.165, 1.54) is 10.8 Å². The number of aromatic amines is 1. The molecule has 0 spiro atoms. The number of hydrogen-bond acceptors (Lipinski definition) is 4. The van der Waals surface area contributed by atoms with Crippen molar-refractivity contribution >= 4 is 16.9 Å². The molecule has 0 saturated heterocycles. The summed E-state index contributed by atoms with van der Waals surface area (Å²) in [5.74, 6) is 0.353. The van der Waals surface area contributed by atoms with Gasteiger partial charge in [-0.3, -0.25) is 14.4 Å². The Hall–Kier alpha value is -3.09. The number of nitrogens with zero attached hydrogens (tertiary/aromatic N) is 1. The zero-order chi connectivity index (χ0) is 16.4. The van der Waals surface area contributed by atoms with Crippen molar-refractivity contribution in [2.45, 2.75) is 20.0 Å². The Morgan fingerprint density at radius 3 is 2.83 bits per heavy atom.